The minimum atomic E-state index is -0.552. The van der Waals surface area contributed by atoms with Gasteiger partial charge < -0.3 is 25.4 Å². The summed E-state index contributed by atoms with van der Waals surface area (Å²) in [7, 11) is 0. The summed E-state index contributed by atoms with van der Waals surface area (Å²) in [4.78, 5) is 29.5. The van der Waals surface area contributed by atoms with Crippen LogP contribution in [0.1, 0.15) is 17.3 Å². The van der Waals surface area contributed by atoms with Gasteiger partial charge in [-0.3, -0.25) is 9.78 Å². The number of hydrogen-bond acceptors (Lipinski definition) is 6. The van der Waals surface area contributed by atoms with Crippen molar-refractivity contribution in [1.82, 2.24) is 10.3 Å². The van der Waals surface area contributed by atoms with Crippen LogP contribution in [0.4, 0.5) is 10.5 Å². The van der Waals surface area contributed by atoms with Gasteiger partial charge in [0.15, 0.2) is 0 Å². The first-order valence-corrected chi connectivity index (χ1v) is 8.14. The van der Waals surface area contributed by atoms with Crippen molar-refractivity contribution in [2.75, 3.05) is 24.6 Å². The number of nitrogens with two attached hydrogens (primary N) is 1. The lowest BCUT2D eigenvalue weighted by Crippen LogP contribution is -2.32. The van der Waals surface area contributed by atoms with E-state index in [1.54, 1.807) is 18.3 Å². The van der Waals surface area contributed by atoms with E-state index in [9.17, 15) is 9.59 Å². The van der Waals surface area contributed by atoms with Gasteiger partial charge in [-0.25, -0.2) is 4.79 Å². The number of benzene rings is 1. The van der Waals surface area contributed by atoms with Gasteiger partial charge in [0.2, 0.25) is 0 Å². The largest absolute Gasteiger partial charge is 0.493 e. The zero-order chi connectivity index (χ0) is 17.6. The van der Waals surface area contributed by atoms with Crippen LogP contribution in [0.15, 0.2) is 24.4 Å². The van der Waals surface area contributed by atoms with Gasteiger partial charge in [-0.2, -0.15) is 0 Å². The van der Waals surface area contributed by atoms with Crippen LogP contribution in [0.2, 0.25) is 0 Å². The van der Waals surface area contributed by atoms with E-state index in [-0.39, 0.29) is 18.2 Å². The molecule has 2 fully saturated rings. The third-order valence-corrected chi connectivity index (χ3v) is 4.55. The van der Waals surface area contributed by atoms with E-state index in [4.69, 9.17) is 15.2 Å². The van der Waals surface area contributed by atoms with Crippen LogP contribution in [0.3, 0.4) is 0 Å². The molecule has 0 radical (unpaired) electrons. The van der Waals surface area contributed by atoms with E-state index in [1.165, 1.54) is 0 Å². The molecule has 3 N–H and O–H groups in total. The van der Waals surface area contributed by atoms with Crippen LogP contribution in [-0.2, 0) is 4.74 Å². The standard InChI is InChI=1S/C17H18N4O4/c1-2-24-14-6-9-11(5-10(14)16(18)22)19-4-3-13(9)21-7-12-15(8-21)25-17(23)20-12/h3-6,12,15H,2,7-8H2,1H3,(H2,18,22)(H,20,23)/t12-,15+/m0/s1. The van der Waals surface area contributed by atoms with Gasteiger partial charge in [0.05, 0.1) is 30.3 Å². The summed E-state index contributed by atoms with van der Waals surface area (Å²) >= 11 is 0. The number of amides is 2. The van der Waals surface area contributed by atoms with Crippen LogP contribution >= 0.6 is 0 Å². The van der Waals surface area contributed by atoms with Crippen LogP contribution in [0.5, 0.6) is 5.75 Å². The van der Waals surface area contributed by atoms with Crippen molar-refractivity contribution in [3.05, 3.63) is 30.0 Å². The Hall–Kier alpha value is -3.03. The quantitative estimate of drug-likeness (QED) is 0.859. The molecule has 8 heteroatoms. The molecule has 2 aromatic rings. The highest BCUT2D eigenvalue weighted by Gasteiger charge is 2.42. The molecule has 0 saturated carbocycles. The van der Waals surface area contributed by atoms with Gasteiger partial charge in [-0.05, 0) is 25.1 Å². The Morgan fingerprint density at radius 3 is 3.04 bits per heavy atom. The van der Waals surface area contributed by atoms with Gasteiger partial charge in [0.25, 0.3) is 5.91 Å². The van der Waals surface area contributed by atoms with Crippen molar-refractivity contribution in [2.45, 2.75) is 19.1 Å². The molecule has 2 aliphatic heterocycles. The predicted molar refractivity (Wildman–Crippen MR) is 90.8 cm³/mol. The number of ether oxygens (including phenoxy) is 2. The maximum Gasteiger partial charge on any atom is 0.407 e. The van der Waals surface area contributed by atoms with Crippen LogP contribution < -0.4 is 20.7 Å². The highest BCUT2D eigenvalue weighted by atomic mass is 16.6. The normalized spacial score (nSPS) is 21.8. The number of carbonyl (C=O) groups excluding carboxylic acids is 2. The molecule has 2 amide bonds. The fourth-order valence-electron chi connectivity index (χ4n) is 3.45. The van der Waals surface area contributed by atoms with Crippen LogP contribution in [0.25, 0.3) is 10.9 Å². The summed E-state index contributed by atoms with van der Waals surface area (Å²) in [6.45, 7) is 3.52. The van der Waals surface area contributed by atoms with Gasteiger partial charge >= 0.3 is 6.09 Å². The number of hydrogen-bond donors (Lipinski definition) is 2. The van der Waals surface area contributed by atoms with E-state index < -0.39 is 5.91 Å². The highest BCUT2D eigenvalue weighted by Crippen LogP contribution is 2.34. The first-order chi connectivity index (χ1) is 12.1. The second-order valence-corrected chi connectivity index (χ2v) is 6.09. The van der Waals surface area contributed by atoms with E-state index in [1.807, 2.05) is 13.0 Å². The summed E-state index contributed by atoms with van der Waals surface area (Å²) in [5.41, 5.74) is 7.39. The number of carbonyl (C=O) groups is 2. The summed E-state index contributed by atoms with van der Waals surface area (Å²) in [6.07, 6.45) is 1.17. The number of aromatic nitrogens is 1. The topological polar surface area (TPSA) is 107 Å². The first kappa shape index (κ1) is 15.5. The fraction of sp³-hybridized carbons (Fsp3) is 0.353. The summed E-state index contributed by atoms with van der Waals surface area (Å²) in [5, 5.41) is 3.68. The third kappa shape index (κ3) is 2.59. The third-order valence-electron chi connectivity index (χ3n) is 4.55. The molecule has 130 valence electrons. The van der Waals surface area contributed by atoms with Crippen molar-refractivity contribution in [2.24, 2.45) is 5.73 Å². The van der Waals surface area contributed by atoms with Crippen LogP contribution in [-0.4, -0.2) is 48.8 Å². The second kappa shape index (κ2) is 5.80. The molecule has 25 heavy (non-hydrogen) atoms. The van der Waals surface area contributed by atoms with Crippen molar-refractivity contribution < 1.29 is 19.1 Å². The molecule has 3 heterocycles. The Bertz CT molecular complexity index is 853. The Morgan fingerprint density at radius 1 is 1.48 bits per heavy atom. The Kier molecular flexibility index (Phi) is 3.60. The van der Waals surface area contributed by atoms with Crippen LogP contribution in [0, 0.1) is 0 Å². The lowest BCUT2D eigenvalue weighted by Gasteiger charge is -2.21. The van der Waals surface area contributed by atoms with Crippen molar-refractivity contribution in [3.63, 3.8) is 0 Å². The number of primary amides is 1. The zero-order valence-corrected chi connectivity index (χ0v) is 13.7. The molecule has 2 aliphatic rings. The number of rotatable bonds is 4. The predicted octanol–water partition coefficient (Wildman–Crippen LogP) is 1.03. The lowest BCUT2D eigenvalue weighted by atomic mass is 10.1. The Labute approximate surface area is 143 Å². The number of nitrogens with zero attached hydrogens (tertiary/aromatic N) is 2. The Balaban J connectivity index is 1.76. The first-order valence-electron chi connectivity index (χ1n) is 8.14. The average Bonchev–Trinajstić information content (AvgIpc) is 3.11. The van der Waals surface area contributed by atoms with E-state index in [2.05, 4.69) is 15.2 Å². The molecule has 2 atom stereocenters. The van der Waals surface area contributed by atoms with E-state index >= 15 is 0 Å². The smallest absolute Gasteiger partial charge is 0.407 e. The number of alkyl carbamates (subject to hydrolysis) is 1. The van der Waals surface area contributed by atoms with E-state index in [0.29, 0.717) is 36.5 Å². The molecule has 0 spiro atoms. The minimum absolute atomic E-state index is 0.0213. The molecule has 1 aromatic heterocycles. The number of fused-ring (bicyclic) bond motifs is 2. The molecule has 2 saturated heterocycles. The molecule has 0 bridgehead atoms. The highest BCUT2D eigenvalue weighted by molar-refractivity contribution is 6.02. The van der Waals surface area contributed by atoms with Crippen molar-refractivity contribution >= 4 is 28.6 Å². The fourth-order valence-corrected chi connectivity index (χ4v) is 3.45. The maximum absolute atomic E-state index is 11.7. The molecule has 4 rings (SSSR count). The molecule has 0 aliphatic carbocycles. The van der Waals surface area contributed by atoms with E-state index in [0.717, 1.165) is 11.1 Å². The SMILES string of the molecule is CCOc1cc2c(N3C[C@@H]4NC(=O)O[C@@H]4C3)ccnc2cc1C(N)=O. The van der Waals surface area contributed by atoms with Gasteiger partial charge in [-0.1, -0.05) is 0 Å². The van der Waals surface area contributed by atoms with Gasteiger partial charge in [-0.15, -0.1) is 0 Å². The van der Waals surface area contributed by atoms with Crippen molar-refractivity contribution in [1.29, 1.82) is 0 Å². The monoisotopic (exact) mass is 342 g/mol. The minimum Gasteiger partial charge on any atom is -0.493 e. The number of nitrogens with one attached hydrogen (secondary N) is 1. The Morgan fingerprint density at radius 2 is 2.32 bits per heavy atom. The molecular formula is C17H18N4O4. The molecular weight excluding hydrogens is 324 g/mol. The summed E-state index contributed by atoms with van der Waals surface area (Å²) in [5.74, 6) is -0.106. The average molecular weight is 342 g/mol. The van der Waals surface area contributed by atoms with Crippen molar-refractivity contribution in [3.8, 4) is 5.75 Å². The second-order valence-electron chi connectivity index (χ2n) is 6.09. The molecule has 8 nitrogen and oxygen atoms in total. The van der Waals surface area contributed by atoms with Gasteiger partial charge in [0, 0.05) is 23.8 Å². The molecule has 0 unspecified atom stereocenters. The summed E-state index contributed by atoms with van der Waals surface area (Å²) < 4.78 is 10.9. The van der Waals surface area contributed by atoms with Gasteiger partial charge in [0.1, 0.15) is 11.9 Å². The maximum atomic E-state index is 11.7. The number of pyridine rings is 1. The summed E-state index contributed by atoms with van der Waals surface area (Å²) in [6, 6.07) is 5.34. The zero-order valence-electron chi connectivity index (χ0n) is 13.7. The lowest BCUT2D eigenvalue weighted by molar-refractivity contribution is 0.0996. The number of anilines is 1. The molecule has 1 aromatic carbocycles.